The average Bonchev–Trinajstić information content (AvgIpc) is 2.38. The van der Waals surface area contributed by atoms with Crippen LogP contribution in [0.1, 0.15) is 15.9 Å². The van der Waals surface area contributed by atoms with Gasteiger partial charge in [-0.3, -0.25) is 4.79 Å². The Kier molecular flexibility index (Phi) is 3.74. The lowest BCUT2D eigenvalue weighted by atomic mass is 10.0. The van der Waals surface area contributed by atoms with Crippen LogP contribution in [-0.2, 0) is 11.0 Å². The van der Waals surface area contributed by atoms with E-state index in [0.29, 0.717) is 11.1 Å². The Morgan fingerprint density at radius 2 is 1.56 bits per heavy atom. The van der Waals surface area contributed by atoms with Gasteiger partial charge < -0.3 is 4.18 Å². The Morgan fingerprint density at radius 1 is 0.889 bits per heavy atom. The van der Waals surface area contributed by atoms with Crippen LogP contribution in [0.3, 0.4) is 0 Å². The van der Waals surface area contributed by atoms with Gasteiger partial charge in [0, 0.05) is 11.1 Å². The highest BCUT2D eigenvalue weighted by atomic mass is 32.2. The highest BCUT2D eigenvalue weighted by Gasteiger charge is 2.09. The van der Waals surface area contributed by atoms with Crippen LogP contribution in [-0.4, -0.2) is 14.2 Å². The predicted octanol–water partition coefficient (Wildman–Crippen LogP) is 1.82. The van der Waals surface area contributed by atoms with Crippen molar-refractivity contribution in [2.24, 2.45) is 0 Å². The van der Waals surface area contributed by atoms with Gasteiger partial charge in [-0.2, -0.15) is 8.42 Å². The minimum atomic E-state index is -2.97. The van der Waals surface area contributed by atoms with Gasteiger partial charge in [0.15, 0.2) is 5.78 Å². The van der Waals surface area contributed by atoms with Gasteiger partial charge in [0.05, 0.1) is 0 Å². The second-order valence-electron chi connectivity index (χ2n) is 3.54. The third-order valence-corrected chi connectivity index (χ3v) is 2.67. The SMILES string of the molecule is O=C(c1ccccc1)c1cccc(O[SH](=O)=O)c1. The van der Waals surface area contributed by atoms with E-state index in [2.05, 4.69) is 4.18 Å². The van der Waals surface area contributed by atoms with Crippen LogP contribution in [0.5, 0.6) is 5.75 Å². The van der Waals surface area contributed by atoms with Gasteiger partial charge in [-0.05, 0) is 12.1 Å². The number of hydrogen-bond donors (Lipinski definition) is 1. The Hall–Kier alpha value is -2.14. The van der Waals surface area contributed by atoms with Crippen molar-refractivity contribution in [2.45, 2.75) is 0 Å². The van der Waals surface area contributed by atoms with Gasteiger partial charge in [-0.25, -0.2) is 0 Å². The largest absolute Gasteiger partial charge is 0.384 e. The van der Waals surface area contributed by atoms with Crippen molar-refractivity contribution >= 4 is 16.8 Å². The summed E-state index contributed by atoms with van der Waals surface area (Å²) in [6, 6.07) is 14.8. The molecule has 5 heteroatoms. The first-order valence-corrected chi connectivity index (χ1v) is 6.28. The van der Waals surface area contributed by atoms with Gasteiger partial charge in [0.1, 0.15) is 5.75 Å². The molecule has 0 spiro atoms. The molecule has 4 nitrogen and oxygen atoms in total. The normalized spacial score (nSPS) is 10.3. The summed E-state index contributed by atoms with van der Waals surface area (Å²) in [7, 11) is -2.97. The fraction of sp³-hybridized carbons (Fsp3) is 0. The summed E-state index contributed by atoms with van der Waals surface area (Å²) in [6.07, 6.45) is 0. The molecule has 2 aromatic carbocycles. The van der Waals surface area contributed by atoms with Crippen molar-refractivity contribution in [1.29, 1.82) is 0 Å². The molecule has 0 fully saturated rings. The highest BCUT2D eigenvalue weighted by Crippen LogP contribution is 2.16. The van der Waals surface area contributed by atoms with Gasteiger partial charge in [0.2, 0.25) is 0 Å². The van der Waals surface area contributed by atoms with E-state index >= 15 is 0 Å². The highest BCUT2D eigenvalue weighted by molar-refractivity contribution is 7.67. The summed E-state index contributed by atoms with van der Waals surface area (Å²) in [5.74, 6) is -0.0462. The average molecular weight is 262 g/mol. The lowest BCUT2D eigenvalue weighted by Gasteiger charge is -2.03. The smallest absolute Gasteiger partial charge is 0.299 e. The number of carbonyl (C=O) groups is 1. The Balaban J connectivity index is 2.31. The van der Waals surface area contributed by atoms with Crippen molar-refractivity contribution in [3.63, 3.8) is 0 Å². The molecule has 0 N–H and O–H groups in total. The van der Waals surface area contributed by atoms with Crippen LogP contribution in [0.4, 0.5) is 0 Å². The van der Waals surface area contributed by atoms with Crippen molar-refractivity contribution < 1.29 is 17.4 Å². The van der Waals surface area contributed by atoms with E-state index < -0.39 is 11.0 Å². The van der Waals surface area contributed by atoms with Crippen LogP contribution < -0.4 is 4.18 Å². The standard InChI is InChI=1S/C13H10O4S/c14-13(10-5-2-1-3-6-10)11-7-4-8-12(9-11)17-18(15)16/h1-9,18H. The van der Waals surface area contributed by atoms with Crippen LogP contribution in [0.2, 0.25) is 0 Å². The summed E-state index contributed by atoms with van der Waals surface area (Å²) in [5.41, 5.74) is 0.928. The summed E-state index contributed by atoms with van der Waals surface area (Å²) in [6.45, 7) is 0. The molecule has 0 aliphatic carbocycles. The second-order valence-corrected chi connectivity index (χ2v) is 4.17. The molecule has 92 valence electrons. The summed E-state index contributed by atoms with van der Waals surface area (Å²) >= 11 is 0. The zero-order valence-electron chi connectivity index (χ0n) is 9.28. The minimum absolute atomic E-state index is 0.132. The molecular formula is C13H10O4S. The first kappa shape index (κ1) is 12.3. The van der Waals surface area contributed by atoms with E-state index in [4.69, 9.17) is 0 Å². The third-order valence-electron chi connectivity index (χ3n) is 2.31. The molecule has 0 amide bonds. The molecule has 0 radical (unpaired) electrons. The molecule has 0 heterocycles. The lowest BCUT2D eigenvalue weighted by molar-refractivity contribution is 0.103. The fourth-order valence-electron chi connectivity index (χ4n) is 1.54. The molecule has 0 bridgehead atoms. The van der Waals surface area contributed by atoms with E-state index in [9.17, 15) is 13.2 Å². The molecule has 0 aliphatic rings. The predicted molar refractivity (Wildman–Crippen MR) is 67.3 cm³/mol. The second kappa shape index (κ2) is 5.46. The minimum Gasteiger partial charge on any atom is -0.384 e. The number of rotatable bonds is 4. The summed E-state index contributed by atoms with van der Waals surface area (Å²) < 4.78 is 25.4. The molecule has 0 unspecified atom stereocenters. The molecule has 18 heavy (non-hydrogen) atoms. The molecule has 2 aromatic rings. The van der Waals surface area contributed by atoms with E-state index in [1.54, 1.807) is 36.4 Å². The summed E-state index contributed by atoms with van der Waals surface area (Å²) in [4.78, 5) is 12.1. The number of thiol groups is 1. The van der Waals surface area contributed by atoms with Crippen molar-refractivity contribution in [3.05, 3.63) is 65.7 Å². The fourth-order valence-corrected chi connectivity index (χ4v) is 1.82. The number of carbonyl (C=O) groups excluding carboxylic acids is 1. The molecule has 0 aliphatic heterocycles. The van der Waals surface area contributed by atoms with Gasteiger partial charge in [-0.15, -0.1) is 0 Å². The van der Waals surface area contributed by atoms with Gasteiger partial charge >= 0.3 is 0 Å². The molecular weight excluding hydrogens is 252 g/mol. The summed E-state index contributed by atoms with van der Waals surface area (Å²) in [5, 5.41) is 0. The van der Waals surface area contributed by atoms with E-state index in [1.165, 1.54) is 12.1 Å². The van der Waals surface area contributed by atoms with E-state index in [-0.39, 0.29) is 11.5 Å². The first-order chi connectivity index (χ1) is 8.66. The lowest BCUT2D eigenvalue weighted by Crippen LogP contribution is -2.01. The number of hydrogen-bond acceptors (Lipinski definition) is 4. The van der Waals surface area contributed by atoms with E-state index in [0.717, 1.165) is 0 Å². The number of ketones is 1. The van der Waals surface area contributed by atoms with Gasteiger partial charge in [-0.1, -0.05) is 42.5 Å². The van der Waals surface area contributed by atoms with Crippen LogP contribution in [0, 0.1) is 0 Å². The maximum Gasteiger partial charge on any atom is 0.299 e. The van der Waals surface area contributed by atoms with Crippen LogP contribution in [0.15, 0.2) is 54.6 Å². The Morgan fingerprint density at radius 3 is 2.22 bits per heavy atom. The zero-order valence-corrected chi connectivity index (χ0v) is 10.2. The molecule has 0 atom stereocenters. The first-order valence-electron chi connectivity index (χ1n) is 5.19. The maximum absolute atomic E-state index is 12.1. The molecule has 0 saturated heterocycles. The molecule has 0 aromatic heterocycles. The van der Waals surface area contributed by atoms with Crippen molar-refractivity contribution in [1.82, 2.24) is 0 Å². The molecule has 0 saturated carbocycles. The quantitative estimate of drug-likeness (QED) is 0.674. The van der Waals surface area contributed by atoms with E-state index in [1.807, 2.05) is 6.07 Å². The maximum atomic E-state index is 12.1. The van der Waals surface area contributed by atoms with Crippen LogP contribution >= 0.6 is 0 Å². The topological polar surface area (TPSA) is 60.4 Å². The van der Waals surface area contributed by atoms with Crippen molar-refractivity contribution in [3.8, 4) is 5.75 Å². The van der Waals surface area contributed by atoms with Gasteiger partial charge in [0.25, 0.3) is 11.0 Å². The zero-order chi connectivity index (χ0) is 13.0. The molecule has 2 rings (SSSR count). The van der Waals surface area contributed by atoms with Crippen LogP contribution in [0.25, 0.3) is 0 Å². The third kappa shape index (κ3) is 2.95. The number of benzene rings is 2. The Labute approximate surface area is 106 Å². The Bertz CT molecular complexity index is 624. The van der Waals surface area contributed by atoms with Crippen molar-refractivity contribution in [2.75, 3.05) is 0 Å². The monoisotopic (exact) mass is 262 g/mol.